The average Bonchev–Trinajstić information content (AvgIpc) is 3.05. The first-order valence-corrected chi connectivity index (χ1v) is 6.22. The maximum Gasteiger partial charge on any atom is 0.297 e. The van der Waals surface area contributed by atoms with Gasteiger partial charge in [0.05, 0.1) is 0 Å². The monoisotopic (exact) mass is 286 g/mol. The lowest BCUT2D eigenvalue weighted by molar-refractivity contribution is 0.422. The predicted octanol–water partition coefficient (Wildman–Crippen LogP) is 2.29. The summed E-state index contributed by atoms with van der Waals surface area (Å²) >= 11 is 6.20. The van der Waals surface area contributed by atoms with Crippen LogP contribution >= 0.6 is 11.6 Å². The van der Waals surface area contributed by atoms with Crippen LogP contribution in [-0.2, 0) is 0 Å². The minimum absolute atomic E-state index is 0.258. The van der Waals surface area contributed by atoms with Gasteiger partial charge in [-0.2, -0.15) is 14.6 Å². The van der Waals surface area contributed by atoms with Crippen molar-refractivity contribution < 1.29 is 4.52 Å². The van der Waals surface area contributed by atoms with Crippen molar-refractivity contribution in [2.75, 3.05) is 0 Å². The molecule has 0 saturated carbocycles. The number of aryl methyl sites for hydroxylation is 1. The minimum Gasteiger partial charge on any atom is -0.330 e. The number of rotatable bonds is 1. The van der Waals surface area contributed by atoms with Crippen LogP contribution in [0.5, 0.6) is 0 Å². The Balaban J connectivity index is 2.11. The maximum absolute atomic E-state index is 6.20. The van der Waals surface area contributed by atoms with Crippen LogP contribution in [0.4, 0.5) is 0 Å². The third kappa shape index (κ3) is 1.50. The van der Waals surface area contributed by atoms with Crippen LogP contribution in [0.15, 0.2) is 28.8 Å². The van der Waals surface area contributed by atoms with Crippen molar-refractivity contribution in [3.8, 4) is 11.7 Å². The number of aromatic nitrogens is 6. The first kappa shape index (κ1) is 11.3. The third-order valence-electron chi connectivity index (χ3n) is 2.94. The molecule has 4 rings (SSSR count). The molecule has 0 unspecified atom stereocenters. The first-order chi connectivity index (χ1) is 9.74. The zero-order valence-electron chi connectivity index (χ0n) is 10.3. The van der Waals surface area contributed by atoms with Crippen molar-refractivity contribution in [2.24, 2.45) is 0 Å². The minimum atomic E-state index is 0.258. The van der Waals surface area contributed by atoms with Gasteiger partial charge >= 0.3 is 0 Å². The lowest BCUT2D eigenvalue weighted by Gasteiger charge is -2.01. The molecule has 0 bridgehead atoms. The Morgan fingerprint density at radius 1 is 1.15 bits per heavy atom. The number of hydrogen-bond donors (Lipinski definition) is 0. The summed E-state index contributed by atoms with van der Waals surface area (Å²) in [7, 11) is 0. The van der Waals surface area contributed by atoms with Crippen molar-refractivity contribution >= 4 is 28.0 Å². The lowest BCUT2D eigenvalue weighted by atomic mass is 10.2. The third-order valence-corrected chi connectivity index (χ3v) is 3.22. The van der Waals surface area contributed by atoms with Crippen LogP contribution in [0.25, 0.3) is 28.1 Å². The van der Waals surface area contributed by atoms with Gasteiger partial charge in [-0.25, -0.2) is 0 Å². The van der Waals surface area contributed by atoms with Gasteiger partial charge in [0.15, 0.2) is 16.6 Å². The highest BCUT2D eigenvalue weighted by Gasteiger charge is 2.18. The first-order valence-electron chi connectivity index (χ1n) is 5.84. The van der Waals surface area contributed by atoms with Crippen LogP contribution in [0.2, 0.25) is 5.15 Å². The smallest absolute Gasteiger partial charge is 0.297 e. The van der Waals surface area contributed by atoms with Gasteiger partial charge in [-0.05, 0) is 6.92 Å². The molecule has 20 heavy (non-hydrogen) atoms. The number of halogens is 1. The second-order valence-corrected chi connectivity index (χ2v) is 4.60. The molecule has 0 aliphatic rings. The zero-order valence-corrected chi connectivity index (χ0v) is 11.0. The van der Waals surface area contributed by atoms with Crippen molar-refractivity contribution in [2.45, 2.75) is 6.92 Å². The summed E-state index contributed by atoms with van der Waals surface area (Å²) < 4.78 is 6.61. The van der Waals surface area contributed by atoms with E-state index in [1.807, 2.05) is 24.3 Å². The molecule has 4 aromatic rings. The van der Waals surface area contributed by atoms with E-state index in [1.165, 1.54) is 4.52 Å². The molecule has 0 N–H and O–H groups in total. The molecule has 0 fully saturated rings. The lowest BCUT2D eigenvalue weighted by Crippen LogP contribution is -1.97. The van der Waals surface area contributed by atoms with Gasteiger partial charge in [0.1, 0.15) is 0 Å². The molecular weight excluding hydrogens is 280 g/mol. The van der Waals surface area contributed by atoms with E-state index in [2.05, 4.69) is 25.4 Å². The van der Waals surface area contributed by atoms with E-state index < -0.39 is 0 Å². The summed E-state index contributed by atoms with van der Waals surface area (Å²) in [6, 6.07) is 7.60. The molecule has 0 spiro atoms. The van der Waals surface area contributed by atoms with E-state index in [1.54, 1.807) is 6.92 Å². The second-order valence-electron chi connectivity index (χ2n) is 4.24. The summed E-state index contributed by atoms with van der Waals surface area (Å²) in [5.74, 6) is 1.14. The van der Waals surface area contributed by atoms with Gasteiger partial charge in [0, 0.05) is 10.8 Å². The largest absolute Gasteiger partial charge is 0.330 e. The standard InChI is InChI=1S/C12H7ClN6O/c1-6-14-12(20-18-6)11-16-15-10-8-5-3-2-4-7(8)9(13)17-19(10)11/h2-5H,1H3. The molecule has 1 aromatic carbocycles. The van der Waals surface area contributed by atoms with Crippen LogP contribution in [-0.4, -0.2) is 30.0 Å². The maximum atomic E-state index is 6.20. The van der Waals surface area contributed by atoms with Gasteiger partial charge in [-0.1, -0.05) is 41.0 Å². The Morgan fingerprint density at radius 3 is 2.70 bits per heavy atom. The summed E-state index contributed by atoms with van der Waals surface area (Å²) in [6.07, 6.45) is 0. The molecule has 8 heteroatoms. The van der Waals surface area contributed by atoms with Gasteiger partial charge in [0.2, 0.25) is 5.82 Å². The predicted molar refractivity (Wildman–Crippen MR) is 71.3 cm³/mol. The van der Waals surface area contributed by atoms with Crippen molar-refractivity contribution in [3.63, 3.8) is 0 Å². The fourth-order valence-electron chi connectivity index (χ4n) is 2.06. The van der Waals surface area contributed by atoms with Crippen molar-refractivity contribution in [3.05, 3.63) is 35.2 Å². The van der Waals surface area contributed by atoms with Gasteiger partial charge in [-0.15, -0.1) is 10.2 Å². The highest BCUT2D eigenvalue weighted by atomic mass is 35.5. The van der Waals surface area contributed by atoms with E-state index >= 15 is 0 Å². The summed E-state index contributed by atoms with van der Waals surface area (Å²) in [5.41, 5.74) is 0.593. The molecule has 0 radical (unpaired) electrons. The molecular formula is C12H7ClN6O. The summed E-state index contributed by atoms with van der Waals surface area (Å²) in [6.45, 7) is 1.73. The molecule has 3 aromatic heterocycles. The quantitative estimate of drug-likeness (QED) is 0.534. The van der Waals surface area contributed by atoms with Crippen LogP contribution in [0.1, 0.15) is 5.82 Å². The van der Waals surface area contributed by atoms with Crippen molar-refractivity contribution in [1.82, 2.24) is 30.0 Å². The Kier molecular flexibility index (Phi) is 2.25. The normalized spacial score (nSPS) is 11.5. The molecule has 3 heterocycles. The number of nitrogens with zero attached hydrogens (tertiary/aromatic N) is 6. The van der Waals surface area contributed by atoms with Gasteiger partial charge in [-0.3, -0.25) is 0 Å². The fourth-order valence-corrected chi connectivity index (χ4v) is 2.30. The number of fused-ring (bicyclic) bond motifs is 3. The van der Waals surface area contributed by atoms with E-state index in [9.17, 15) is 0 Å². The Hall–Kier alpha value is -2.54. The Labute approximate surface area is 117 Å². The fraction of sp³-hybridized carbons (Fsp3) is 0.0833. The molecule has 0 saturated heterocycles. The molecule has 0 aliphatic heterocycles. The van der Waals surface area contributed by atoms with Crippen LogP contribution < -0.4 is 0 Å². The molecule has 0 aliphatic carbocycles. The van der Waals surface area contributed by atoms with Crippen LogP contribution in [0.3, 0.4) is 0 Å². The number of benzene rings is 1. The highest BCUT2D eigenvalue weighted by molar-refractivity contribution is 6.34. The molecule has 98 valence electrons. The average molecular weight is 287 g/mol. The van der Waals surface area contributed by atoms with Crippen molar-refractivity contribution in [1.29, 1.82) is 0 Å². The SMILES string of the molecule is Cc1noc(-c2nnc3c4ccccc4c(Cl)nn23)n1. The summed E-state index contributed by atoms with van der Waals surface area (Å²) in [4.78, 5) is 4.13. The van der Waals surface area contributed by atoms with E-state index in [-0.39, 0.29) is 5.89 Å². The Morgan fingerprint density at radius 2 is 1.95 bits per heavy atom. The highest BCUT2D eigenvalue weighted by Crippen LogP contribution is 2.26. The van der Waals surface area contributed by atoms with Crippen LogP contribution in [0, 0.1) is 6.92 Å². The van der Waals surface area contributed by atoms with E-state index in [4.69, 9.17) is 16.1 Å². The van der Waals surface area contributed by atoms with E-state index in [0.717, 1.165) is 10.8 Å². The zero-order chi connectivity index (χ0) is 13.7. The summed E-state index contributed by atoms with van der Waals surface area (Å²) in [5, 5.41) is 18.3. The Bertz CT molecular complexity index is 944. The second kappa shape index (κ2) is 3.97. The van der Waals surface area contributed by atoms with Gasteiger partial charge in [0.25, 0.3) is 5.89 Å². The van der Waals surface area contributed by atoms with Gasteiger partial charge < -0.3 is 4.52 Å². The number of hydrogen-bond acceptors (Lipinski definition) is 6. The molecule has 0 atom stereocenters. The topological polar surface area (TPSA) is 82.0 Å². The molecule has 0 amide bonds. The molecule has 7 nitrogen and oxygen atoms in total. The van der Waals surface area contributed by atoms with E-state index in [0.29, 0.717) is 22.4 Å².